The van der Waals surface area contributed by atoms with Crippen molar-refractivity contribution in [1.82, 2.24) is 5.32 Å². The van der Waals surface area contributed by atoms with Gasteiger partial charge in [-0.3, -0.25) is 4.79 Å². The minimum absolute atomic E-state index is 0.0191. The molecule has 100 valence electrons. The van der Waals surface area contributed by atoms with Gasteiger partial charge in [0.1, 0.15) is 0 Å². The topological polar surface area (TPSA) is 29.1 Å². The van der Waals surface area contributed by atoms with E-state index in [0.717, 1.165) is 25.8 Å². The molecule has 2 aromatic rings. The fourth-order valence-corrected chi connectivity index (χ4v) is 3.58. The number of nitrogens with one attached hydrogen (secondary N) is 1. The standard InChI is InChI=1S/C14H13Br2NOS/c1-9-11(3-2-4-12(9)15)14(18)17-8-7-10-5-6-13(16)19-10/h2-6H,7-8H2,1H3,(H,17,18). The fourth-order valence-electron chi connectivity index (χ4n) is 1.73. The maximum atomic E-state index is 12.1. The van der Waals surface area contributed by atoms with Gasteiger partial charge >= 0.3 is 0 Å². The van der Waals surface area contributed by atoms with Crippen LogP contribution in [0.4, 0.5) is 0 Å². The first-order chi connectivity index (χ1) is 9.08. The number of amides is 1. The van der Waals surface area contributed by atoms with Gasteiger partial charge in [-0.1, -0.05) is 22.0 Å². The SMILES string of the molecule is Cc1c(Br)cccc1C(=O)NCCc1ccc(Br)s1. The Morgan fingerprint density at radius 3 is 2.74 bits per heavy atom. The molecule has 2 nitrogen and oxygen atoms in total. The first-order valence-electron chi connectivity index (χ1n) is 5.85. The molecule has 1 amide bonds. The predicted octanol–water partition coefficient (Wildman–Crippen LogP) is 4.55. The summed E-state index contributed by atoms with van der Waals surface area (Å²) < 4.78 is 2.08. The lowest BCUT2D eigenvalue weighted by Crippen LogP contribution is -2.26. The molecule has 5 heteroatoms. The zero-order chi connectivity index (χ0) is 13.8. The van der Waals surface area contributed by atoms with Crippen LogP contribution in [0.1, 0.15) is 20.8 Å². The lowest BCUT2D eigenvalue weighted by Gasteiger charge is -2.08. The van der Waals surface area contributed by atoms with Crippen LogP contribution in [0.25, 0.3) is 0 Å². The van der Waals surface area contributed by atoms with Crippen LogP contribution >= 0.6 is 43.2 Å². The van der Waals surface area contributed by atoms with Crippen molar-refractivity contribution >= 4 is 49.1 Å². The van der Waals surface area contributed by atoms with Crippen LogP contribution in [0.5, 0.6) is 0 Å². The van der Waals surface area contributed by atoms with Gasteiger partial charge in [-0.25, -0.2) is 0 Å². The lowest BCUT2D eigenvalue weighted by atomic mass is 10.1. The molecule has 0 spiro atoms. The summed E-state index contributed by atoms with van der Waals surface area (Å²) >= 11 is 8.57. The second kappa shape index (κ2) is 6.68. The summed E-state index contributed by atoms with van der Waals surface area (Å²) in [4.78, 5) is 13.3. The Morgan fingerprint density at radius 1 is 1.26 bits per heavy atom. The predicted molar refractivity (Wildman–Crippen MR) is 86.9 cm³/mol. The third-order valence-electron chi connectivity index (χ3n) is 2.80. The average Bonchev–Trinajstić information content (AvgIpc) is 2.78. The highest BCUT2D eigenvalue weighted by atomic mass is 79.9. The van der Waals surface area contributed by atoms with E-state index in [1.807, 2.05) is 31.2 Å². The second-order valence-electron chi connectivity index (χ2n) is 4.12. The molecular weight excluding hydrogens is 390 g/mol. The number of hydrogen-bond acceptors (Lipinski definition) is 2. The Balaban J connectivity index is 1.93. The number of rotatable bonds is 4. The molecule has 0 fully saturated rings. The van der Waals surface area contributed by atoms with E-state index in [-0.39, 0.29) is 5.91 Å². The zero-order valence-electron chi connectivity index (χ0n) is 10.4. The van der Waals surface area contributed by atoms with Crippen molar-refractivity contribution in [3.63, 3.8) is 0 Å². The zero-order valence-corrected chi connectivity index (χ0v) is 14.4. The van der Waals surface area contributed by atoms with Crippen molar-refractivity contribution in [3.05, 3.63) is 54.6 Å². The smallest absolute Gasteiger partial charge is 0.251 e. The van der Waals surface area contributed by atoms with Gasteiger partial charge in [0, 0.05) is 21.5 Å². The van der Waals surface area contributed by atoms with E-state index in [1.165, 1.54) is 4.88 Å². The lowest BCUT2D eigenvalue weighted by molar-refractivity contribution is 0.0953. The van der Waals surface area contributed by atoms with E-state index in [0.29, 0.717) is 6.54 Å². The third kappa shape index (κ3) is 3.91. The molecule has 2 rings (SSSR count). The maximum absolute atomic E-state index is 12.1. The highest BCUT2D eigenvalue weighted by molar-refractivity contribution is 9.11. The minimum Gasteiger partial charge on any atom is -0.352 e. The Kier molecular flexibility index (Phi) is 5.19. The van der Waals surface area contributed by atoms with Gasteiger partial charge in [-0.2, -0.15) is 0 Å². The second-order valence-corrected chi connectivity index (χ2v) is 7.53. The average molecular weight is 403 g/mol. The van der Waals surface area contributed by atoms with Gasteiger partial charge in [0.2, 0.25) is 0 Å². The monoisotopic (exact) mass is 401 g/mol. The Morgan fingerprint density at radius 2 is 2.05 bits per heavy atom. The van der Waals surface area contributed by atoms with Crippen LogP contribution in [-0.2, 0) is 6.42 Å². The number of thiophene rings is 1. The summed E-state index contributed by atoms with van der Waals surface area (Å²) in [5, 5.41) is 2.96. The van der Waals surface area contributed by atoms with Gasteiger partial charge in [-0.05, 0) is 59.1 Å². The van der Waals surface area contributed by atoms with E-state index < -0.39 is 0 Å². The van der Waals surface area contributed by atoms with Crippen LogP contribution in [0.2, 0.25) is 0 Å². The molecule has 0 saturated heterocycles. The highest BCUT2D eigenvalue weighted by Gasteiger charge is 2.10. The van der Waals surface area contributed by atoms with E-state index in [2.05, 4.69) is 43.2 Å². The third-order valence-corrected chi connectivity index (χ3v) is 5.34. The van der Waals surface area contributed by atoms with Crippen LogP contribution in [0.3, 0.4) is 0 Å². The molecule has 1 N–H and O–H groups in total. The van der Waals surface area contributed by atoms with E-state index >= 15 is 0 Å². The van der Waals surface area contributed by atoms with E-state index in [9.17, 15) is 4.79 Å². The summed E-state index contributed by atoms with van der Waals surface area (Å²) in [6.45, 7) is 2.59. The number of benzene rings is 1. The van der Waals surface area contributed by atoms with Crippen LogP contribution in [0, 0.1) is 6.92 Å². The molecule has 0 radical (unpaired) electrons. The maximum Gasteiger partial charge on any atom is 0.251 e. The van der Waals surface area contributed by atoms with E-state index in [1.54, 1.807) is 11.3 Å². The number of carbonyl (C=O) groups excluding carboxylic acids is 1. The molecule has 0 atom stereocenters. The molecule has 0 bridgehead atoms. The van der Waals surface area contributed by atoms with Crippen molar-refractivity contribution in [1.29, 1.82) is 0 Å². The van der Waals surface area contributed by atoms with Crippen molar-refractivity contribution < 1.29 is 4.79 Å². The van der Waals surface area contributed by atoms with Gasteiger partial charge in [0.15, 0.2) is 0 Å². The first-order valence-corrected chi connectivity index (χ1v) is 8.25. The normalized spacial score (nSPS) is 10.5. The molecule has 0 aliphatic rings. The summed E-state index contributed by atoms with van der Waals surface area (Å²) in [5.74, 6) is -0.0191. The number of carbonyl (C=O) groups is 1. The van der Waals surface area contributed by atoms with Crippen molar-refractivity contribution in [3.8, 4) is 0 Å². The van der Waals surface area contributed by atoms with Crippen molar-refractivity contribution in [2.75, 3.05) is 6.54 Å². The molecule has 0 aliphatic carbocycles. The highest BCUT2D eigenvalue weighted by Crippen LogP contribution is 2.22. The molecule has 19 heavy (non-hydrogen) atoms. The molecule has 0 saturated carbocycles. The Hall–Kier alpha value is -0.650. The van der Waals surface area contributed by atoms with Gasteiger partial charge in [-0.15, -0.1) is 11.3 Å². The van der Waals surface area contributed by atoms with Crippen LogP contribution in [0.15, 0.2) is 38.6 Å². The summed E-state index contributed by atoms with van der Waals surface area (Å²) in [6.07, 6.45) is 0.856. The van der Waals surface area contributed by atoms with Gasteiger partial charge in [0.05, 0.1) is 3.79 Å². The molecule has 1 aromatic heterocycles. The van der Waals surface area contributed by atoms with Crippen molar-refractivity contribution in [2.24, 2.45) is 0 Å². The van der Waals surface area contributed by atoms with Crippen LogP contribution < -0.4 is 5.32 Å². The minimum atomic E-state index is -0.0191. The molecular formula is C14H13Br2NOS. The molecule has 0 unspecified atom stereocenters. The van der Waals surface area contributed by atoms with Crippen LogP contribution in [-0.4, -0.2) is 12.5 Å². The summed E-state index contributed by atoms with van der Waals surface area (Å²) in [5.41, 5.74) is 1.70. The summed E-state index contributed by atoms with van der Waals surface area (Å²) in [7, 11) is 0. The first kappa shape index (κ1) is 14.8. The summed E-state index contributed by atoms with van der Waals surface area (Å²) in [6, 6.07) is 9.76. The van der Waals surface area contributed by atoms with Gasteiger partial charge < -0.3 is 5.32 Å². The molecule has 0 aliphatic heterocycles. The number of halogens is 2. The van der Waals surface area contributed by atoms with Gasteiger partial charge in [0.25, 0.3) is 5.91 Å². The quantitative estimate of drug-likeness (QED) is 0.798. The number of hydrogen-bond donors (Lipinski definition) is 1. The fraction of sp³-hybridized carbons (Fsp3) is 0.214. The van der Waals surface area contributed by atoms with E-state index in [4.69, 9.17) is 0 Å². The largest absolute Gasteiger partial charge is 0.352 e. The molecule has 1 aromatic carbocycles. The van der Waals surface area contributed by atoms with Crippen molar-refractivity contribution in [2.45, 2.75) is 13.3 Å². The molecule has 1 heterocycles. The Bertz CT molecular complexity index is 595. The Labute approximate surface area is 133 Å².